The van der Waals surface area contributed by atoms with Crippen molar-refractivity contribution in [2.24, 2.45) is 0 Å². The van der Waals surface area contributed by atoms with E-state index < -0.39 is 0 Å². The fourth-order valence-electron chi connectivity index (χ4n) is 2.61. The van der Waals surface area contributed by atoms with E-state index in [4.69, 9.17) is 11.6 Å². The third-order valence-corrected chi connectivity index (χ3v) is 3.86. The van der Waals surface area contributed by atoms with E-state index in [-0.39, 0.29) is 11.9 Å². The van der Waals surface area contributed by atoms with Crippen LogP contribution >= 0.6 is 11.6 Å². The number of aryl methyl sites for hydroxylation is 1. The molecule has 1 aliphatic rings. The molecule has 2 aromatic rings. The summed E-state index contributed by atoms with van der Waals surface area (Å²) >= 11 is 5.77. The molecule has 1 heterocycles. The molecule has 2 aromatic carbocycles. The van der Waals surface area contributed by atoms with Crippen LogP contribution in [0.25, 0.3) is 0 Å². The summed E-state index contributed by atoms with van der Waals surface area (Å²) in [7, 11) is 0. The first-order valence-electron chi connectivity index (χ1n) is 6.51. The Balaban J connectivity index is 1.75. The van der Waals surface area contributed by atoms with Crippen LogP contribution in [0.1, 0.15) is 17.5 Å². The van der Waals surface area contributed by atoms with Crippen LogP contribution in [0.2, 0.25) is 5.02 Å². The summed E-state index contributed by atoms with van der Waals surface area (Å²) in [4.78, 5) is 0. The molecule has 0 spiro atoms. The van der Waals surface area contributed by atoms with Gasteiger partial charge in [0, 0.05) is 16.8 Å². The van der Waals surface area contributed by atoms with Gasteiger partial charge in [-0.05, 0) is 48.6 Å². The smallest absolute Gasteiger partial charge is 0.127 e. The van der Waals surface area contributed by atoms with E-state index in [1.54, 1.807) is 12.1 Å². The van der Waals surface area contributed by atoms with E-state index in [0.29, 0.717) is 11.4 Å². The molecule has 0 aromatic heterocycles. The number of nitrogens with one attached hydrogen (secondary N) is 1. The first kappa shape index (κ1) is 12.5. The highest BCUT2D eigenvalue weighted by Gasteiger charge is 2.18. The number of hydrogen-bond donors (Lipinski definition) is 1. The molecule has 3 rings (SSSR count). The van der Waals surface area contributed by atoms with E-state index >= 15 is 0 Å². The summed E-state index contributed by atoms with van der Waals surface area (Å²) in [5.74, 6) is -0.215. The maximum Gasteiger partial charge on any atom is 0.127 e. The van der Waals surface area contributed by atoms with Gasteiger partial charge in [-0.2, -0.15) is 0 Å². The van der Waals surface area contributed by atoms with Crippen molar-refractivity contribution in [3.05, 3.63) is 64.4 Å². The van der Waals surface area contributed by atoms with Crippen molar-refractivity contribution >= 4 is 17.3 Å². The summed E-state index contributed by atoms with van der Waals surface area (Å²) in [6.45, 7) is 0. The molecule has 98 valence electrons. The maximum atomic E-state index is 13.8. The molecule has 0 radical (unpaired) electrons. The Hall–Kier alpha value is -1.54. The number of anilines is 1. The molecule has 0 fully saturated rings. The molecule has 1 unspecified atom stereocenters. The first-order chi connectivity index (χ1) is 9.22. The molecule has 1 aliphatic heterocycles. The lowest BCUT2D eigenvalue weighted by molar-refractivity contribution is 0.576. The average molecular weight is 276 g/mol. The zero-order valence-electron chi connectivity index (χ0n) is 10.5. The second kappa shape index (κ2) is 5.22. The highest BCUT2D eigenvalue weighted by atomic mass is 35.5. The molecule has 0 saturated carbocycles. The quantitative estimate of drug-likeness (QED) is 0.854. The molecular formula is C16H15ClFN. The number of benzene rings is 2. The van der Waals surface area contributed by atoms with Gasteiger partial charge < -0.3 is 5.32 Å². The minimum atomic E-state index is -0.215. The predicted octanol–water partition coefficient (Wildman–Crippen LogP) is 4.45. The topological polar surface area (TPSA) is 12.0 Å². The summed E-state index contributed by atoms with van der Waals surface area (Å²) in [5.41, 5.74) is 3.24. The van der Waals surface area contributed by atoms with E-state index in [9.17, 15) is 4.39 Å². The lowest BCUT2D eigenvalue weighted by Crippen LogP contribution is -2.27. The van der Waals surface area contributed by atoms with Crippen LogP contribution in [0.4, 0.5) is 10.1 Å². The molecule has 0 amide bonds. The monoisotopic (exact) mass is 275 g/mol. The van der Waals surface area contributed by atoms with Gasteiger partial charge in [0.1, 0.15) is 5.82 Å². The molecule has 1 atom stereocenters. The molecule has 0 aliphatic carbocycles. The zero-order valence-corrected chi connectivity index (χ0v) is 11.3. The standard InChI is InChI=1S/C16H15ClFN/c17-13-7-5-12(15(18)10-13)9-14-8-6-11-3-1-2-4-16(11)19-14/h1-5,7,10,14,19H,6,8-9H2. The van der Waals surface area contributed by atoms with Crippen molar-refractivity contribution in [1.29, 1.82) is 0 Å². The van der Waals surface area contributed by atoms with Gasteiger partial charge in [-0.25, -0.2) is 4.39 Å². The third kappa shape index (κ3) is 2.74. The normalized spacial score (nSPS) is 17.7. The Labute approximate surface area is 117 Å². The molecule has 0 bridgehead atoms. The molecule has 1 nitrogen and oxygen atoms in total. The van der Waals surface area contributed by atoms with Crippen LogP contribution in [0.5, 0.6) is 0 Å². The lowest BCUT2D eigenvalue weighted by atomic mass is 9.94. The van der Waals surface area contributed by atoms with Gasteiger partial charge in [-0.15, -0.1) is 0 Å². The lowest BCUT2D eigenvalue weighted by Gasteiger charge is -2.27. The van der Waals surface area contributed by atoms with Gasteiger partial charge in [0.2, 0.25) is 0 Å². The molecule has 1 N–H and O–H groups in total. The fraction of sp³-hybridized carbons (Fsp3) is 0.250. The zero-order chi connectivity index (χ0) is 13.2. The number of fused-ring (bicyclic) bond motifs is 1. The summed E-state index contributed by atoms with van der Waals surface area (Å²) in [6.07, 6.45) is 2.76. The van der Waals surface area contributed by atoms with Crippen LogP contribution in [-0.2, 0) is 12.8 Å². The van der Waals surface area contributed by atoms with Gasteiger partial charge in [0.05, 0.1) is 0 Å². The van der Waals surface area contributed by atoms with Crippen molar-refractivity contribution in [3.8, 4) is 0 Å². The van der Waals surface area contributed by atoms with Crippen LogP contribution in [0, 0.1) is 5.82 Å². The van der Waals surface area contributed by atoms with Gasteiger partial charge in [-0.1, -0.05) is 35.9 Å². The van der Waals surface area contributed by atoms with Crippen LogP contribution in [0.15, 0.2) is 42.5 Å². The summed E-state index contributed by atoms with van der Waals surface area (Å²) in [5, 5.41) is 3.94. The van der Waals surface area contributed by atoms with E-state index in [2.05, 4.69) is 23.5 Å². The first-order valence-corrected chi connectivity index (χ1v) is 6.88. The van der Waals surface area contributed by atoms with E-state index in [1.807, 2.05) is 6.07 Å². The van der Waals surface area contributed by atoms with Gasteiger partial charge in [-0.3, -0.25) is 0 Å². The van der Waals surface area contributed by atoms with Crippen LogP contribution in [0.3, 0.4) is 0 Å². The van der Waals surface area contributed by atoms with Gasteiger partial charge >= 0.3 is 0 Å². The number of halogens is 2. The maximum absolute atomic E-state index is 13.8. The average Bonchev–Trinajstić information content (AvgIpc) is 2.42. The van der Waals surface area contributed by atoms with Crippen LogP contribution < -0.4 is 5.32 Å². The summed E-state index contributed by atoms with van der Waals surface area (Å²) < 4.78 is 13.8. The number of para-hydroxylation sites is 1. The second-order valence-electron chi connectivity index (χ2n) is 4.98. The highest BCUT2D eigenvalue weighted by molar-refractivity contribution is 6.30. The minimum absolute atomic E-state index is 0.215. The Kier molecular flexibility index (Phi) is 3.43. The predicted molar refractivity (Wildman–Crippen MR) is 77.3 cm³/mol. The minimum Gasteiger partial charge on any atom is -0.382 e. The van der Waals surface area contributed by atoms with Crippen molar-refractivity contribution in [3.63, 3.8) is 0 Å². The van der Waals surface area contributed by atoms with Crippen LogP contribution in [-0.4, -0.2) is 6.04 Å². The number of rotatable bonds is 2. The SMILES string of the molecule is Fc1cc(Cl)ccc1CC1CCc2ccccc2N1. The van der Waals surface area contributed by atoms with E-state index in [1.165, 1.54) is 17.3 Å². The second-order valence-corrected chi connectivity index (χ2v) is 5.41. The Morgan fingerprint density at radius 2 is 2.05 bits per heavy atom. The number of hydrogen-bond acceptors (Lipinski definition) is 1. The molecule has 3 heteroatoms. The van der Waals surface area contributed by atoms with Crippen molar-refractivity contribution in [1.82, 2.24) is 0 Å². The summed E-state index contributed by atoms with van der Waals surface area (Å²) in [6, 6.07) is 13.5. The highest BCUT2D eigenvalue weighted by Crippen LogP contribution is 2.26. The third-order valence-electron chi connectivity index (χ3n) is 3.62. The molecule has 19 heavy (non-hydrogen) atoms. The molecule has 0 saturated heterocycles. The Morgan fingerprint density at radius 3 is 2.89 bits per heavy atom. The van der Waals surface area contributed by atoms with Gasteiger partial charge in [0.25, 0.3) is 0 Å². The van der Waals surface area contributed by atoms with Crippen molar-refractivity contribution in [2.45, 2.75) is 25.3 Å². The Bertz CT molecular complexity index is 597. The fourth-order valence-corrected chi connectivity index (χ4v) is 2.77. The molecular weight excluding hydrogens is 261 g/mol. The van der Waals surface area contributed by atoms with E-state index in [0.717, 1.165) is 18.4 Å². The van der Waals surface area contributed by atoms with Crippen molar-refractivity contribution in [2.75, 3.05) is 5.32 Å². The van der Waals surface area contributed by atoms with Gasteiger partial charge in [0.15, 0.2) is 0 Å². The van der Waals surface area contributed by atoms with Crippen molar-refractivity contribution < 1.29 is 4.39 Å². The Morgan fingerprint density at radius 1 is 1.21 bits per heavy atom. The largest absolute Gasteiger partial charge is 0.382 e.